The summed E-state index contributed by atoms with van der Waals surface area (Å²) in [6.45, 7) is 9.60. The van der Waals surface area contributed by atoms with Crippen molar-refractivity contribution in [2.75, 3.05) is 30.7 Å². The van der Waals surface area contributed by atoms with Gasteiger partial charge in [0.2, 0.25) is 21.8 Å². The van der Waals surface area contributed by atoms with Crippen molar-refractivity contribution in [1.82, 2.24) is 31.6 Å². The van der Waals surface area contributed by atoms with E-state index in [4.69, 9.17) is 0 Å². The molecule has 4 atom stereocenters. The van der Waals surface area contributed by atoms with E-state index in [-0.39, 0.29) is 47.1 Å². The number of anilines is 1. The number of hydrogen-bond donors (Lipinski definition) is 5. The smallest absolute Gasteiger partial charge is 0.251 e. The number of amides is 4. The van der Waals surface area contributed by atoms with Crippen LogP contribution in [0.1, 0.15) is 71.9 Å². The molecule has 5 N–H and O–H groups in total. The van der Waals surface area contributed by atoms with Gasteiger partial charge >= 0.3 is 0 Å². The molecule has 0 aliphatic carbocycles. The second-order valence-corrected chi connectivity index (χ2v) is 15.2. The maximum Gasteiger partial charge on any atom is 0.251 e. The van der Waals surface area contributed by atoms with Gasteiger partial charge in [0, 0.05) is 55.3 Å². The normalized spacial score (nSPS) is 13.9. The Balaban J connectivity index is 1.84. The lowest BCUT2D eigenvalue weighted by molar-refractivity contribution is -0.130. The van der Waals surface area contributed by atoms with Crippen molar-refractivity contribution in [2.24, 2.45) is 5.92 Å². The van der Waals surface area contributed by atoms with Gasteiger partial charge in [-0.1, -0.05) is 44.2 Å². The first-order chi connectivity index (χ1) is 23.1. The highest BCUT2D eigenvalue weighted by atomic mass is 32.2. The van der Waals surface area contributed by atoms with Crippen molar-refractivity contribution in [1.29, 1.82) is 0 Å². The second kappa shape index (κ2) is 17.9. The lowest BCUT2D eigenvalue weighted by Crippen LogP contribution is -2.55. The Kier molecular flexibility index (Phi) is 14.3. The molecular weight excluding hydrogens is 667 g/mol. The highest BCUT2D eigenvalue weighted by Crippen LogP contribution is 2.22. The van der Waals surface area contributed by atoms with Gasteiger partial charge in [0.15, 0.2) is 0 Å². The molecule has 1 aromatic heterocycles. The summed E-state index contributed by atoms with van der Waals surface area (Å²) >= 11 is 1.41. The first kappa shape index (κ1) is 39.1. The van der Waals surface area contributed by atoms with Gasteiger partial charge in [0.05, 0.1) is 29.0 Å². The van der Waals surface area contributed by atoms with Crippen LogP contribution >= 0.6 is 11.3 Å². The SMILES string of the molecule is CCNC(=O)[C@@H](NC(=O)[C@H](C)NC[C@H](Cc1nccs1)NC(=O)c1cc(C(=O)N[C@H](C)c2ccccc2)cc(N(C)S(C)(=O)=O)c1)C(C)C. The number of aromatic nitrogens is 1. The third-order valence-corrected chi connectivity index (χ3v) is 9.86. The van der Waals surface area contributed by atoms with E-state index in [0.29, 0.717) is 13.0 Å². The van der Waals surface area contributed by atoms with Gasteiger partial charge in [-0.05, 0) is 50.5 Å². The highest BCUT2D eigenvalue weighted by molar-refractivity contribution is 7.92. The Morgan fingerprint density at radius 1 is 0.898 bits per heavy atom. The molecule has 0 saturated heterocycles. The predicted octanol–water partition coefficient (Wildman–Crippen LogP) is 2.63. The molecule has 15 heteroatoms. The maximum atomic E-state index is 13.8. The van der Waals surface area contributed by atoms with Crippen molar-refractivity contribution in [2.45, 2.75) is 65.2 Å². The fourth-order valence-electron chi connectivity index (χ4n) is 4.87. The van der Waals surface area contributed by atoms with Crippen LogP contribution in [0.15, 0.2) is 60.1 Å². The Morgan fingerprint density at radius 3 is 2.08 bits per heavy atom. The summed E-state index contributed by atoms with van der Waals surface area (Å²) in [4.78, 5) is 57.1. The number of hydrogen-bond acceptors (Lipinski definition) is 9. The Hall–Kier alpha value is -4.34. The van der Waals surface area contributed by atoms with Gasteiger partial charge in [0.25, 0.3) is 11.8 Å². The summed E-state index contributed by atoms with van der Waals surface area (Å²) in [7, 11) is -2.38. The zero-order chi connectivity index (χ0) is 36.3. The molecule has 2 aromatic carbocycles. The Labute approximate surface area is 292 Å². The van der Waals surface area contributed by atoms with Gasteiger partial charge < -0.3 is 26.6 Å². The maximum absolute atomic E-state index is 13.8. The molecule has 1 heterocycles. The van der Waals surface area contributed by atoms with Crippen molar-refractivity contribution in [3.63, 3.8) is 0 Å². The molecule has 0 saturated carbocycles. The number of benzene rings is 2. The molecule has 0 radical (unpaired) electrons. The van der Waals surface area contributed by atoms with Crippen LogP contribution in [0.25, 0.3) is 0 Å². The molecule has 0 bridgehead atoms. The average molecular weight is 714 g/mol. The van der Waals surface area contributed by atoms with Crippen LogP contribution in [0.3, 0.4) is 0 Å². The first-order valence-electron chi connectivity index (χ1n) is 16.1. The summed E-state index contributed by atoms with van der Waals surface area (Å²) in [6, 6.07) is 11.3. The number of carbonyl (C=O) groups excluding carboxylic acids is 4. The van der Waals surface area contributed by atoms with Crippen LogP contribution in [0.2, 0.25) is 0 Å². The number of rotatable bonds is 17. The standard InChI is InChI=1S/C34H47N7O6S2/c1-8-35-34(45)30(21(2)3)40-31(42)23(5)37-20-27(19-29-36-14-15-48-29)39-33(44)26-16-25(17-28(18-26)41(6)49(7,46)47)32(43)38-22(4)24-12-10-9-11-13-24/h9-18,21-23,27,30,37H,8,19-20H2,1-7H3,(H,35,45)(H,38,43)(H,39,44)(H,40,42)/t22-,23+,27+,30+/m1/s1. The van der Waals surface area contributed by atoms with Crippen LogP contribution in [0.5, 0.6) is 0 Å². The molecule has 49 heavy (non-hydrogen) atoms. The van der Waals surface area contributed by atoms with Gasteiger partial charge in [-0.15, -0.1) is 11.3 Å². The minimum atomic E-state index is -3.72. The lowest BCUT2D eigenvalue weighted by atomic mass is 10.0. The molecular formula is C34H47N7O6S2. The molecule has 0 unspecified atom stereocenters. The van der Waals surface area contributed by atoms with Crippen LogP contribution in [0, 0.1) is 5.92 Å². The number of carbonyl (C=O) groups is 4. The van der Waals surface area contributed by atoms with E-state index in [1.54, 1.807) is 20.0 Å². The quantitative estimate of drug-likeness (QED) is 0.142. The van der Waals surface area contributed by atoms with Gasteiger partial charge in [0.1, 0.15) is 6.04 Å². The average Bonchev–Trinajstić information content (AvgIpc) is 3.58. The van der Waals surface area contributed by atoms with Crippen LogP contribution in [0.4, 0.5) is 5.69 Å². The highest BCUT2D eigenvalue weighted by Gasteiger charge is 2.27. The minimum Gasteiger partial charge on any atom is -0.355 e. The zero-order valence-corrected chi connectivity index (χ0v) is 30.6. The molecule has 0 spiro atoms. The zero-order valence-electron chi connectivity index (χ0n) is 28.9. The number of nitrogens with zero attached hydrogens (tertiary/aromatic N) is 2. The van der Waals surface area contributed by atoms with Crippen LogP contribution in [-0.2, 0) is 26.0 Å². The summed E-state index contributed by atoms with van der Waals surface area (Å²) in [5.41, 5.74) is 1.19. The van der Waals surface area contributed by atoms with E-state index in [0.717, 1.165) is 21.1 Å². The summed E-state index contributed by atoms with van der Waals surface area (Å²) in [5, 5.41) is 17.1. The molecule has 0 aliphatic heterocycles. The van der Waals surface area contributed by atoms with E-state index in [1.165, 1.54) is 36.6 Å². The van der Waals surface area contributed by atoms with Gasteiger partial charge in [-0.3, -0.25) is 23.5 Å². The Morgan fingerprint density at radius 2 is 1.53 bits per heavy atom. The molecule has 13 nitrogen and oxygen atoms in total. The topological polar surface area (TPSA) is 179 Å². The third-order valence-electron chi connectivity index (χ3n) is 7.85. The molecule has 266 valence electrons. The summed E-state index contributed by atoms with van der Waals surface area (Å²) < 4.78 is 25.9. The van der Waals surface area contributed by atoms with E-state index >= 15 is 0 Å². The van der Waals surface area contributed by atoms with Crippen molar-refractivity contribution >= 4 is 50.7 Å². The summed E-state index contributed by atoms with van der Waals surface area (Å²) in [6.07, 6.45) is 3.02. The monoisotopic (exact) mass is 713 g/mol. The fraction of sp³-hybridized carbons (Fsp3) is 0.441. The first-order valence-corrected chi connectivity index (χ1v) is 18.8. The van der Waals surface area contributed by atoms with Crippen LogP contribution in [-0.4, -0.2) is 81.5 Å². The van der Waals surface area contributed by atoms with E-state index in [9.17, 15) is 27.6 Å². The second-order valence-electron chi connectivity index (χ2n) is 12.2. The largest absolute Gasteiger partial charge is 0.355 e. The third kappa shape index (κ3) is 11.6. The predicted molar refractivity (Wildman–Crippen MR) is 192 cm³/mol. The minimum absolute atomic E-state index is 0.0714. The molecule has 3 rings (SSSR count). The molecule has 3 aromatic rings. The number of likely N-dealkylation sites (N-methyl/N-ethyl adjacent to an activating group) is 1. The van der Waals surface area contributed by atoms with E-state index < -0.39 is 40.0 Å². The van der Waals surface area contributed by atoms with E-state index in [1.807, 2.05) is 56.5 Å². The number of nitrogens with one attached hydrogen (secondary N) is 5. The van der Waals surface area contributed by atoms with Crippen molar-refractivity contribution in [3.05, 3.63) is 81.8 Å². The lowest BCUT2D eigenvalue weighted by Gasteiger charge is -2.25. The van der Waals surface area contributed by atoms with Crippen LogP contribution < -0.4 is 30.9 Å². The summed E-state index contributed by atoms with van der Waals surface area (Å²) in [5.74, 6) is -1.81. The number of thiazole rings is 1. The Bertz CT molecular complexity index is 1680. The molecule has 0 aliphatic rings. The van der Waals surface area contributed by atoms with Crippen molar-refractivity contribution in [3.8, 4) is 0 Å². The molecule has 0 fully saturated rings. The fourth-order valence-corrected chi connectivity index (χ4v) is 6.05. The van der Waals surface area contributed by atoms with Gasteiger partial charge in [-0.25, -0.2) is 13.4 Å². The van der Waals surface area contributed by atoms with Crippen molar-refractivity contribution < 1.29 is 27.6 Å². The van der Waals surface area contributed by atoms with Gasteiger partial charge in [-0.2, -0.15) is 0 Å². The number of sulfonamides is 1. The molecule has 4 amide bonds. The van der Waals surface area contributed by atoms with E-state index in [2.05, 4.69) is 31.6 Å².